The smallest absolute Gasteiger partial charge is 0.141 e. The van der Waals surface area contributed by atoms with Crippen molar-refractivity contribution in [2.24, 2.45) is 0 Å². The molecule has 1 aromatic carbocycles. The van der Waals surface area contributed by atoms with Crippen LogP contribution in [0, 0.1) is 17.1 Å². The Balaban J connectivity index is 1.56. The van der Waals surface area contributed by atoms with Gasteiger partial charge in [0.1, 0.15) is 17.7 Å². The van der Waals surface area contributed by atoms with Crippen LogP contribution in [0.15, 0.2) is 24.4 Å². The highest BCUT2D eigenvalue weighted by molar-refractivity contribution is 5.34. The number of ether oxygens (including phenoxy) is 1. The molecular weight excluding hydrogens is 295 g/mol. The Bertz CT molecular complexity index is 701. The minimum atomic E-state index is -0.482. The molecule has 0 bridgehead atoms. The van der Waals surface area contributed by atoms with E-state index in [9.17, 15) is 4.39 Å². The first-order valence-corrected chi connectivity index (χ1v) is 7.76. The van der Waals surface area contributed by atoms with Crippen molar-refractivity contribution in [2.45, 2.75) is 12.8 Å². The van der Waals surface area contributed by atoms with E-state index in [4.69, 9.17) is 10.00 Å². The first-order valence-electron chi connectivity index (χ1n) is 7.76. The van der Waals surface area contributed by atoms with Gasteiger partial charge in [0, 0.05) is 44.4 Å². The van der Waals surface area contributed by atoms with Crippen LogP contribution in [0.3, 0.4) is 0 Å². The van der Waals surface area contributed by atoms with E-state index in [1.54, 1.807) is 6.07 Å². The average molecular weight is 314 g/mol. The number of halogens is 1. The maximum atomic E-state index is 13.6. The monoisotopic (exact) mass is 314 g/mol. The van der Waals surface area contributed by atoms with E-state index >= 15 is 0 Å². The third kappa shape index (κ3) is 4.15. The van der Waals surface area contributed by atoms with Crippen LogP contribution in [0.2, 0.25) is 0 Å². The molecule has 0 spiro atoms. The quantitative estimate of drug-likeness (QED) is 0.915. The van der Waals surface area contributed by atoms with Crippen LogP contribution >= 0.6 is 0 Å². The van der Waals surface area contributed by atoms with Gasteiger partial charge < -0.3 is 9.72 Å². The summed E-state index contributed by atoms with van der Waals surface area (Å²) in [4.78, 5) is 10.0. The molecule has 0 unspecified atom stereocenters. The number of H-pyrrole nitrogens is 1. The Labute approximate surface area is 134 Å². The number of nitriles is 1. The molecule has 23 heavy (non-hydrogen) atoms. The zero-order valence-electron chi connectivity index (χ0n) is 12.9. The van der Waals surface area contributed by atoms with Gasteiger partial charge in [-0.05, 0) is 17.7 Å². The van der Waals surface area contributed by atoms with Gasteiger partial charge in [0.2, 0.25) is 0 Å². The van der Waals surface area contributed by atoms with Crippen molar-refractivity contribution in [1.29, 1.82) is 5.26 Å². The van der Waals surface area contributed by atoms with Crippen molar-refractivity contribution in [3.05, 3.63) is 52.9 Å². The van der Waals surface area contributed by atoms with Crippen LogP contribution in [0.5, 0.6) is 0 Å². The summed E-state index contributed by atoms with van der Waals surface area (Å²) in [7, 11) is 0. The van der Waals surface area contributed by atoms with Gasteiger partial charge in [-0.2, -0.15) is 5.26 Å². The van der Waals surface area contributed by atoms with Crippen LogP contribution in [0.4, 0.5) is 4.39 Å². The maximum Gasteiger partial charge on any atom is 0.141 e. The van der Waals surface area contributed by atoms with Crippen molar-refractivity contribution in [1.82, 2.24) is 14.9 Å². The summed E-state index contributed by atoms with van der Waals surface area (Å²) in [5, 5.41) is 8.75. The van der Waals surface area contributed by atoms with E-state index in [2.05, 4.69) is 14.9 Å². The van der Waals surface area contributed by atoms with Gasteiger partial charge in [-0.15, -0.1) is 0 Å². The summed E-state index contributed by atoms with van der Waals surface area (Å²) in [6.07, 6.45) is 3.28. The summed E-state index contributed by atoms with van der Waals surface area (Å²) in [6, 6.07) is 6.49. The molecule has 0 radical (unpaired) electrons. The average Bonchev–Trinajstić information content (AvgIpc) is 3.02. The Kier molecular flexibility index (Phi) is 5.01. The molecule has 6 heteroatoms. The molecule has 120 valence electrons. The maximum absolute atomic E-state index is 13.6. The fraction of sp³-hybridized carbons (Fsp3) is 0.412. The Morgan fingerprint density at radius 1 is 1.35 bits per heavy atom. The van der Waals surface area contributed by atoms with E-state index < -0.39 is 5.82 Å². The molecule has 1 aromatic heterocycles. The van der Waals surface area contributed by atoms with Gasteiger partial charge in [0.15, 0.2) is 0 Å². The lowest BCUT2D eigenvalue weighted by molar-refractivity contribution is 0.0383. The summed E-state index contributed by atoms with van der Waals surface area (Å²) in [6.45, 7) is 4.55. The zero-order valence-corrected chi connectivity index (χ0v) is 12.9. The minimum Gasteiger partial charge on any atom is -0.379 e. The number of nitrogens with one attached hydrogen (secondary N) is 1. The third-order valence-electron chi connectivity index (χ3n) is 4.01. The fourth-order valence-corrected chi connectivity index (χ4v) is 2.68. The lowest BCUT2D eigenvalue weighted by Gasteiger charge is -2.26. The molecule has 1 N–H and O–H groups in total. The minimum absolute atomic E-state index is 0.0689. The van der Waals surface area contributed by atoms with Crippen LogP contribution in [0.1, 0.15) is 22.6 Å². The molecule has 3 rings (SSSR count). The Hall–Kier alpha value is -2.23. The SMILES string of the molecule is N#Cc1ccc(Cc2ncc(CCN3CCOCC3)[nH]2)cc1F. The van der Waals surface area contributed by atoms with E-state index in [0.29, 0.717) is 6.42 Å². The molecule has 0 atom stereocenters. The van der Waals surface area contributed by atoms with Gasteiger partial charge in [-0.1, -0.05) is 6.07 Å². The number of hydrogen-bond donors (Lipinski definition) is 1. The summed E-state index contributed by atoms with van der Waals surface area (Å²) < 4.78 is 19.0. The number of hydrogen-bond acceptors (Lipinski definition) is 4. The number of nitrogens with zero attached hydrogens (tertiary/aromatic N) is 3. The summed E-state index contributed by atoms with van der Waals surface area (Å²) in [5.74, 6) is 0.329. The predicted octanol–water partition coefficient (Wildman–Crippen LogP) is 1.89. The van der Waals surface area contributed by atoms with Crippen molar-refractivity contribution in [3.8, 4) is 6.07 Å². The number of rotatable bonds is 5. The van der Waals surface area contributed by atoms with Crippen LogP contribution < -0.4 is 0 Å². The number of aromatic amines is 1. The number of benzene rings is 1. The number of aromatic nitrogens is 2. The molecule has 1 saturated heterocycles. The Morgan fingerprint density at radius 2 is 2.17 bits per heavy atom. The van der Waals surface area contributed by atoms with Gasteiger partial charge in [0.25, 0.3) is 0 Å². The van der Waals surface area contributed by atoms with Crippen molar-refractivity contribution < 1.29 is 9.13 Å². The lowest BCUT2D eigenvalue weighted by atomic mass is 10.1. The van der Waals surface area contributed by atoms with Crippen LogP contribution in [-0.2, 0) is 17.6 Å². The molecule has 1 aliphatic heterocycles. The second kappa shape index (κ2) is 7.36. The molecule has 0 aliphatic carbocycles. The molecule has 1 aliphatic rings. The fourth-order valence-electron chi connectivity index (χ4n) is 2.68. The van der Waals surface area contributed by atoms with E-state index in [1.807, 2.05) is 12.3 Å². The highest BCUT2D eigenvalue weighted by Gasteiger charge is 2.11. The molecule has 1 fully saturated rings. The molecule has 0 saturated carbocycles. The highest BCUT2D eigenvalue weighted by atomic mass is 19.1. The second-order valence-electron chi connectivity index (χ2n) is 5.66. The van der Waals surface area contributed by atoms with Crippen LogP contribution in [0.25, 0.3) is 0 Å². The summed E-state index contributed by atoms with van der Waals surface area (Å²) >= 11 is 0. The molecule has 2 aromatic rings. The molecule has 0 amide bonds. The van der Waals surface area contributed by atoms with Gasteiger partial charge in [-0.3, -0.25) is 4.90 Å². The molecular formula is C17H19FN4O. The van der Waals surface area contributed by atoms with E-state index in [0.717, 1.165) is 56.4 Å². The first kappa shape index (κ1) is 15.7. The van der Waals surface area contributed by atoms with Crippen LogP contribution in [-0.4, -0.2) is 47.7 Å². The first-order chi connectivity index (χ1) is 11.2. The zero-order chi connectivity index (χ0) is 16.1. The van der Waals surface area contributed by atoms with E-state index in [1.165, 1.54) is 12.1 Å². The largest absolute Gasteiger partial charge is 0.379 e. The van der Waals surface area contributed by atoms with Gasteiger partial charge >= 0.3 is 0 Å². The standard InChI is InChI=1S/C17H19FN4O/c18-16-9-13(1-2-14(16)11-19)10-17-20-12-15(21-17)3-4-22-5-7-23-8-6-22/h1-2,9,12H,3-8,10H2,(H,20,21). The molecule has 5 nitrogen and oxygen atoms in total. The topological polar surface area (TPSA) is 64.9 Å². The predicted molar refractivity (Wildman–Crippen MR) is 83.5 cm³/mol. The van der Waals surface area contributed by atoms with Crippen molar-refractivity contribution in [2.75, 3.05) is 32.8 Å². The highest BCUT2D eigenvalue weighted by Crippen LogP contribution is 2.13. The second-order valence-corrected chi connectivity index (χ2v) is 5.66. The van der Waals surface area contributed by atoms with Crippen molar-refractivity contribution >= 4 is 0 Å². The normalized spacial score (nSPS) is 15.5. The summed E-state index contributed by atoms with van der Waals surface area (Å²) in [5.41, 5.74) is 1.95. The third-order valence-corrected chi connectivity index (χ3v) is 4.01. The van der Waals surface area contributed by atoms with Gasteiger partial charge in [0.05, 0.1) is 18.8 Å². The lowest BCUT2D eigenvalue weighted by Crippen LogP contribution is -2.37. The number of imidazole rings is 1. The van der Waals surface area contributed by atoms with Crippen molar-refractivity contribution in [3.63, 3.8) is 0 Å². The van der Waals surface area contributed by atoms with Gasteiger partial charge in [-0.25, -0.2) is 9.37 Å². The molecule has 2 heterocycles. The van der Waals surface area contributed by atoms with E-state index in [-0.39, 0.29) is 5.56 Å². The Morgan fingerprint density at radius 3 is 2.91 bits per heavy atom. The number of morpholine rings is 1.